The number of esters is 1. The first-order valence-electron chi connectivity index (χ1n) is 5.54. The van der Waals surface area contributed by atoms with Crippen molar-refractivity contribution < 1.29 is 13.9 Å². The maximum atomic E-state index is 11.7. The number of hydrogen-bond acceptors (Lipinski definition) is 4. The fourth-order valence-corrected chi connectivity index (χ4v) is 1.85. The van der Waals surface area contributed by atoms with Crippen LogP contribution < -0.4 is 0 Å². The lowest BCUT2D eigenvalue weighted by atomic mass is 10.2. The Labute approximate surface area is 114 Å². The first kappa shape index (κ1) is 11.7. The van der Waals surface area contributed by atoms with Crippen LogP contribution in [-0.4, -0.2) is 11.9 Å². The molecule has 5 heteroatoms. The molecular formula is C14H8ClNO3. The molecule has 0 atom stereocenters. The SMILES string of the molecule is O=C1OC(c2cccc(Cl)c2)=N/C1=C/c1ccco1. The first-order chi connectivity index (χ1) is 9.22. The van der Waals surface area contributed by atoms with E-state index in [2.05, 4.69) is 4.99 Å². The maximum absolute atomic E-state index is 11.7. The predicted molar refractivity (Wildman–Crippen MR) is 70.8 cm³/mol. The van der Waals surface area contributed by atoms with Gasteiger partial charge in [0.2, 0.25) is 5.90 Å². The Balaban J connectivity index is 1.95. The lowest BCUT2D eigenvalue weighted by Gasteiger charge is -1.98. The van der Waals surface area contributed by atoms with Crippen molar-refractivity contribution in [3.63, 3.8) is 0 Å². The first-order valence-corrected chi connectivity index (χ1v) is 5.92. The van der Waals surface area contributed by atoms with Gasteiger partial charge in [-0.2, -0.15) is 0 Å². The minimum absolute atomic E-state index is 0.199. The summed E-state index contributed by atoms with van der Waals surface area (Å²) >= 11 is 5.89. The molecule has 0 aliphatic carbocycles. The summed E-state index contributed by atoms with van der Waals surface area (Å²) in [6, 6.07) is 10.4. The molecule has 3 rings (SSSR count). The largest absolute Gasteiger partial charge is 0.465 e. The molecule has 0 spiro atoms. The molecule has 0 saturated heterocycles. The van der Waals surface area contributed by atoms with Crippen LogP contribution in [0.1, 0.15) is 11.3 Å². The number of furan rings is 1. The van der Waals surface area contributed by atoms with E-state index in [-0.39, 0.29) is 11.6 Å². The number of cyclic esters (lactones) is 1. The highest BCUT2D eigenvalue weighted by Gasteiger charge is 2.24. The number of carbonyl (C=O) groups is 1. The van der Waals surface area contributed by atoms with Crippen LogP contribution in [0.5, 0.6) is 0 Å². The normalized spacial score (nSPS) is 16.6. The summed E-state index contributed by atoms with van der Waals surface area (Å²) in [6.07, 6.45) is 3.05. The fourth-order valence-electron chi connectivity index (χ4n) is 1.66. The molecule has 1 aliphatic heterocycles. The molecule has 1 aromatic carbocycles. The summed E-state index contributed by atoms with van der Waals surface area (Å²) in [7, 11) is 0. The van der Waals surface area contributed by atoms with Gasteiger partial charge >= 0.3 is 5.97 Å². The summed E-state index contributed by atoms with van der Waals surface area (Å²) in [5.41, 5.74) is 0.855. The van der Waals surface area contributed by atoms with Crippen LogP contribution in [-0.2, 0) is 9.53 Å². The van der Waals surface area contributed by atoms with Crippen molar-refractivity contribution in [1.29, 1.82) is 0 Å². The van der Waals surface area contributed by atoms with Gasteiger partial charge in [-0.3, -0.25) is 0 Å². The topological polar surface area (TPSA) is 51.8 Å². The van der Waals surface area contributed by atoms with E-state index in [9.17, 15) is 4.79 Å². The van der Waals surface area contributed by atoms with E-state index in [1.54, 1.807) is 36.4 Å². The zero-order chi connectivity index (χ0) is 13.2. The third-order valence-electron chi connectivity index (χ3n) is 2.51. The van der Waals surface area contributed by atoms with E-state index in [0.29, 0.717) is 16.3 Å². The van der Waals surface area contributed by atoms with E-state index in [4.69, 9.17) is 20.8 Å². The number of carbonyl (C=O) groups excluding carboxylic acids is 1. The Morgan fingerprint density at radius 1 is 1.21 bits per heavy atom. The van der Waals surface area contributed by atoms with Gasteiger partial charge in [0, 0.05) is 16.7 Å². The smallest absolute Gasteiger partial charge is 0.363 e. The van der Waals surface area contributed by atoms with Gasteiger partial charge in [-0.05, 0) is 30.3 Å². The summed E-state index contributed by atoms with van der Waals surface area (Å²) < 4.78 is 10.2. The number of benzene rings is 1. The molecule has 19 heavy (non-hydrogen) atoms. The van der Waals surface area contributed by atoms with Crippen LogP contribution in [0, 0.1) is 0 Å². The number of ether oxygens (including phenoxy) is 1. The van der Waals surface area contributed by atoms with Crippen LogP contribution in [0.25, 0.3) is 6.08 Å². The summed E-state index contributed by atoms with van der Waals surface area (Å²) in [5.74, 6) is 0.278. The Kier molecular flexibility index (Phi) is 2.93. The van der Waals surface area contributed by atoms with Gasteiger partial charge in [0.15, 0.2) is 5.70 Å². The molecule has 0 fully saturated rings. The second kappa shape index (κ2) is 4.74. The van der Waals surface area contributed by atoms with Gasteiger partial charge in [-0.15, -0.1) is 0 Å². The van der Waals surface area contributed by atoms with Crippen LogP contribution in [0.4, 0.5) is 0 Å². The summed E-state index contributed by atoms with van der Waals surface area (Å²) in [6.45, 7) is 0. The average Bonchev–Trinajstić information content (AvgIpc) is 3.01. The molecule has 0 amide bonds. The number of nitrogens with zero attached hydrogens (tertiary/aromatic N) is 1. The maximum Gasteiger partial charge on any atom is 0.363 e. The summed E-state index contributed by atoms with van der Waals surface area (Å²) in [5, 5.41) is 0.555. The van der Waals surface area contributed by atoms with E-state index < -0.39 is 5.97 Å². The third-order valence-corrected chi connectivity index (χ3v) is 2.75. The molecule has 94 valence electrons. The second-order valence-electron chi connectivity index (χ2n) is 3.86. The van der Waals surface area contributed by atoms with Crippen LogP contribution >= 0.6 is 11.6 Å². The average molecular weight is 274 g/mol. The molecule has 0 saturated carbocycles. The zero-order valence-electron chi connectivity index (χ0n) is 9.67. The fraction of sp³-hybridized carbons (Fsp3) is 0. The Morgan fingerprint density at radius 2 is 2.11 bits per heavy atom. The molecule has 2 aromatic rings. The quantitative estimate of drug-likeness (QED) is 0.623. The summed E-state index contributed by atoms with van der Waals surface area (Å²) in [4.78, 5) is 15.8. The van der Waals surface area contributed by atoms with Crippen molar-refractivity contribution in [2.24, 2.45) is 4.99 Å². The van der Waals surface area contributed by atoms with Gasteiger partial charge in [0.25, 0.3) is 0 Å². The standard InChI is InChI=1S/C14H8ClNO3/c15-10-4-1-3-9(7-10)13-16-12(14(17)19-13)8-11-5-2-6-18-11/h1-8H/b12-8+. The van der Waals surface area contributed by atoms with Crippen molar-refractivity contribution in [2.75, 3.05) is 0 Å². The Hall–Kier alpha value is -2.33. The number of hydrogen-bond donors (Lipinski definition) is 0. The lowest BCUT2D eigenvalue weighted by molar-refractivity contribution is -0.129. The molecule has 2 heterocycles. The Bertz CT molecular complexity index is 686. The Morgan fingerprint density at radius 3 is 2.84 bits per heavy atom. The number of rotatable bonds is 2. The number of halogens is 1. The van der Waals surface area contributed by atoms with Gasteiger partial charge in [0.1, 0.15) is 5.76 Å². The number of aliphatic imine (C=N–C) groups is 1. The highest BCUT2D eigenvalue weighted by atomic mass is 35.5. The van der Waals surface area contributed by atoms with Gasteiger partial charge in [-0.25, -0.2) is 9.79 Å². The minimum Gasteiger partial charge on any atom is -0.465 e. The monoisotopic (exact) mass is 273 g/mol. The highest BCUT2D eigenvalue weighted by molar-refractivity contribution is 6.31. The molecule has 1 aromatic heterocycles. The zero-order valence-corrected chi connectivity index (χ0v) is 10.4. The van der Waals surface area contributed by atoms with E-state index >= 15 is 0 Å². The molecule has 0 radical (unpaired) electrons. The third kappa shape index (κ3) is 2.44. The van der Waals surface area contributed by atoms with Gasteiger partial charge < -0.3 is 9.15 Å². The van der Waals surface area contributed by atoms with Crippen LogP contribution in [0.2, 0.25) is 5.02 Å². The van der Waals surface area contributed by atoms with E-state index in [0.717, 1.165) is 0 Å². The van der Waals surface area contributed by atoms with Crippen molar-refractivity contribution >= 4 is 29.5 Å². The van der Waals surface area contributed by atoms with E-state index in [1.165, 1.54) is 12.3 Å². The molecule has 4 nitrogen and oxygen atoms in total. The minimum atomic E-state index is -0.508. The molecule has 0 unspecified atom stereocenters. The van der Waals surface area contributed by atoms with Crippen molar-refractivity contribution in [2.45, 2.75) is 0 Å². The van der Waals surface area contributed by atoms with Crippen LogP contribution in [0.3, 0.4) is 0 Å². The van der Waals surface area contributed by atoms with Gasteiger partial charge in [0.05, 0.1) is 6.26 Å². The van der Waals surface area contributed by atoms with Crippen LogP contribution in [0.15, 0.2) is 57.8 Å². The van der Waals surface area contributed by atoms with Crippen molar-refractivity contribution in [1.82, 2.24) is 0 Å². The van der Waals surface area contributed by atoms with E-state index in [1.807, 2.05) is 0 Å². The predicted octanol–water partition coefficient (Wildman–Crippen LogP) is 3.28. The van der Waals surface area contributed by atoms with Crippen molar-refractivity contribution in [3.05, 3.63) is 64.7 Å². The molecule has 0 N–H and O–H groups in total. The van der Waals surface area contributed by atoms with Gasteiger partial charge in [-0.1, -0.05) is 17.7 Å². The van der Waals surface area contributed by atoms with Crippen molar-refractivity contribution in [3.8, 4) is 0 Å². The lowest BCUT2D eigenvalue weighted by Crippen LogP contribution is -2.05. The highest BCUT2D eigenvalue weighted by Crippen LogP contribution is 2.20. The molecular weight excluding hydrogens is 266 g/mol. The molecule has 0 bridgehead atoms. The molecule has 1 aliphatic rings. The second-order valence-corrected chi connectivity index (χ2v) is 4.30.